The van der Waals surface area contributed by atoms with E-state index in [-0.39, 0.29) is 27.3 Å². The van der Waals surface area contributed by atoms with Crippen molar-refractivity contribution >= 4 is 28.9 Å². The fraction of sp³-hybridized carbons (Fsp3) is 0.267. The van der Waals surface area contributed by atoms with Gasteiger partial charge in [0.2, 0.25) is 0 Å². The number of carbonyl (C=O) groups is 1. The Morgan fingerprint density at radius 3 is 2.59 bits per heavy atom. The standard InChI is InChI=1S/C15H12F2N2OS2/c1-8(21-2)14(20)9(6-18)15-19-12(7-22-15)13-10(16)4-3-5-11(13)17/h3-5,7-9H,1-2H3/t8-,9+/m0/s1. The number of carbonyl (C=O) groups excluding carboxylic acids is 1. The third-order valence-corrected chi connectivity index (χ3v) is 5.00. The zero-order valence-corrected chi connectivity index (χ0v) is 13.5. The topological polar surface area (TPSA) is 53.8 Å². The van der Waals surface area contributed by atoms with Crippen LogP contribution in [0, 0.1) is 23.0 Å². The molecule has 3 nitrogen and oxygen atoms in total. The van der Waals surface area contributed by atoms with Crippen molar-refractivity contribution in [3.8, 4) is 17.3 Å². The van der Waals surface area contributed by atoms with Crippen LogP contribution in [0.15, 0.2) is 23.6 Å². The maximum absolute atomic E-state index is 13.8. The van der Waals surface area contributed by atoms with E-state index in [2.05, 4.69) is 4.98 Å². The number of halogens is 2. The van der Waals surface area contributed by atoms with Gasteiger partial charge in [-0.2, -0.15) is 17.0 Å². The lowest BCUT2D eigenvalue weighted by Gasteiger charge is -2.10. The van der Waals surface area contributed by atoms with E-state index in [1.165, 1.54) is 23.2 Å². The molecule has 7 heteroatoms. The fourth-order valence-electron chi connectivity index (χ4n) is 1.87. The normalized spacial score (nSPS) is 13.4. The van der Waals surface area contributed by atoms with Crippen LogP contribution in [0.25, 0.3) is 11.3 Å². The average Bonchev–Trinajstić information content (AvgIpc) is 2.96. The Bertz CT molecular complexity index is 719. The summed E-state index contributed by atoms with van der Waals surface area (Å²) in [6.45, 7) is 1.71. The molecule has 1 heterocycles. The Hall–Kier alpha value is -1.78. The molecule has 0 fully saturated rings. The van der Waals surface area contributed by atoms with E-state index in [4.69, 9.17) is 0 Å². The minimum absolute atomic E-state index is 0.0976. The van der Waals surface area contributed by atoms with Crippen molar-refractivity contribution in [2.45, 2.75) is 18.1 Å². The van der Waals surface area contributed by atoms with Gasteiger partial charge in [0, 0.05) is 5.38 Å². The molecule has 0 spiro atoms. The van der Waals surface area contributed by atoms with Gasteiger partial charge in [-0.3, -0.25) is 4.79 Å². The molecule has 2 rings (SSSR count). The lowest BCUT2D eigenvalue weighted by Crippen LogP contribution is -2.20. The van der Waals surface area contributed by atoms with Crippen LogP contribution in [0.3, 0.4) is 0 Å². The van der Waals surface area contributed by atoms with Crippen molar-refractivity contribution < 1.29 is 13.6 Å². The monoisotopic (exact) mass is 338 g/mol. The molecule has 114 valence electrons. The zero-order valence-electron chi connectivity index (χ0n) is 11.8. The van der Waals surface area contributed by atoms with Crippen LogP contribution < -0.4 is 0 Å². The highest BCUT2D eigenvalue weighted by atomic mass is 32.2. The van der Waals surface area contributed by atoms with E-state index in [1.54, 1.807) is 13.2 Å². The SMILES string of the molecule is CS[C@@H](C)C(=O)[C@@H](C#N)c1nc(-c2c(F)cccc2F)cs1. The third kappa shape index (κ3) is 3.18. The second kappa shape index (κ2) is 6.99. The molecule has 0 bridgehead atoms. The van der Waals surface area contributed by atoms with Crippen molar-refractivity contribution in [1.82, 2.24) is 4.98 Å². The molecule has 1 aromatic heterocycles. The Labute approximate surface area is 135 Å². The number of thioether (sulfide) groups is 1. The van der Waals surface area contributed by atoms with Crippen molar-refractivity contribution in [1.29, 1.82) is 5.26 Å². The molecule has 1 aromatic carbocycles. The number of nitrogens with zero attached hydrogens (tertiary/aromatic N) is 2. The van der Waals surface area contributed by atoms with Crippen molar-refractivity contribution in [2.24, 2.45) is 0 Å². The second-order valence-corrected chi connectivity index (χ2v) is 6.58. The molecule has 0 aliphatic rings. The zero-order chi connectivity index (χ0) is 16.3. The highest BCUT2D eigenvalue weighted by Gasteiger charge is 2.28. The van der Waals surface area contributed by atoms with Crippen LogP contribution in [-0.4, -0.2) is 22.3 Å². The van der Waals surface area contributed by atoms with Gasteiger partial charge in [-0.15, -0.1) is 11.3 Å². The third-order valence-electron chi connectivity index (χ3n) is 3.16. The van der Waals surface area contributed by atoms with Crippen LogP contribution in [0.5, 0.6) is 0 Å². The molecule has 0 N–H and O–H groups in total. The summed E-state index contributed by atoms with van der Waals surface area (Å²) in [6.07, 6.45) is 1.78. The van der Waals surface area contributed by atoms with E-state index in [1.807, 2.05) is 6.07 Å². The summed E-state index contributed by atoms with van der Waals surface area (Å²) in [5.74, 6) is -2.73. The smallest absolute Gasteiger partial charge is 0.169 e. The van der Waals surface area contributed by atoms with E-state index >= 15 is 0 Å². The van der Waals surface area contributed by atoms with E-state index in [0.29, 0.717) is 0 Å². The Morgan fingerprint density at radius 1 is 1.41 bits per heavy atom. The maximum Gasteiger partial charge on any atom is 0.169 e. The molecule has 0 amide bonds. The molecular weight excluding hydrogens is 326 g/mol. The number of hydrogen-bond acceptors (Lipinski definition) is 5. The highest BCUT2D eigenvalue weighted by Crippen LogP contribution is 2.31. The van der Waals surface area contributed by atoms with Crippen molar-refractivity contribution in [3.05, 3.63) is 40.2 Å². The van der Waals surface area contributed by atoms with Gasteiger partial charge in [0.25, 0.3) is 0 Å². The van der Waals surface area contributed by atoms with Crippen LogP contribution in [-0.2, 0) is 4.79 Å². The van der Waals surface area contributed by atoms with Gasteiger partial charge < -0.3 is 0 Å². The summed E-state index contributed by atoms with van der Waals surface area (Å²) < 4.78 is 27.5. The lowest BCUT2D eigenvalue weighted by atomic mass is 10.0. The first-order valence-electron chi connectivity index (χ1n) is 6.35. The molecule has 0 saturated carbocycles. The Morgan fingerprint density at radius 2 is 2.05 bits per heavy atom. The van der Waals surface area contributed by atoms with Crippen molar-refractivity contribution in [2.75, 3.05) is 6.26 Å². The number of nitriles is 1. The first kappa shape index (κ1) is 16.6. The summed E-state index contributed by atoms with van der Waals surface area (Å²) in [6, 6.07) is 5.47. The maximum atomic E-state index is 13.8. The Kier molecular flexibility index (Phi) is 5.27. The summed E-state index contributed by atoms with van der Waals surface area (Å²) in [5, 5.41) is 10.6. The van der Waals surface area contributed by atoms with Gasteiger partial charge >= 0.3 is 0 Å². The number of Topliss-reactive ketones (excluding diaryl/α,β-unsaturated/α-hetero) is 1. The fourth-order valence-corrected chi connectivity index (χ4v) is 3.10. The van der Waals surface area contributed by atoms with E-state index < -0.39 is 17.6 Å². The van der Waals surface area contributed by atoms with E-state index in [0.717, 1.165) is 23.5 Å². The van der Waals surface area contributed by atoms with Gasteiger partial charge in [0.15, 0.2) is 11.7 Å². The molecule has 0 aliphatic heterocycles. The lowest BCUT2D eigenvalue weighted by molar-refractivity contribution is -0.118. The number of hydrogen-bond donors (Lipinski definition) is 0. The molecule has 0 saturated heterocycles. The average molecular weight is 338 g/mol. The summed E-state index contributed by atoms with van der Waals surface area (Å²) in [5.41, 5.74) is -0.146. The molecule has 0 radical (unpaired) electrons. The summed E-state index contributed by atoms with van der Waals surface area (Å²) in [4.78, 5) is 16.3. The van der Waals surface area contributed by atoms with Crippen LogP contribution in [0.1, 0.15) is 17.8 Å². The first-order chi connectivity index (χ1) is 10.5. The number of aromatic nitrogens is 1. The quantitative estimate of drug-likeness (QED) is 0.826. The Balaban J connectivity index is 2.39. The van der Waals surface area contributed by atoms with Crippen LogP contribution in [0.2, 0.25) is 0 Å². The predicted octanol–water partition coefficient (Wildman–Crippen LogP) is 4.02. The molecule has 0 aliphatic carbocycles. The minimum Gasteiger partial charge on any atom is -0.296 e. The summed E-state index contributed by atoms with van der Waals surface area (Å²) >= 11 is 2.39. The highest BCUT2D eigenvalue weighted by molar-refractivity contribution is 7.99. The van der Waals surface area contributed by atoms with Gasteiger partial charge in [-0.05, 0) is 25.3 Å². The minimum atomic E-state index is -1.02. The van der Waals surface area contributed by atoms with Crippen LogP contribution in [0.4, 0.5) is 8.78 Å². The number of ketones is 1. The molecule has 2 atom stereocenters. The molecule has 22 heavy (non-hydrogen) atoms. The molecular formula is C15H12F2N2OS2. The largest absolute Gasteiger partial charge is 0.296 e. The predicted molar refractivity (Wildman–Crippen MR) is 83.8 cm³/mol. The van der Waals surface area contributed by atoms with Gasteiger partial charge in [-0.1, -0.05) is 6.07 Å². The summed E-state index contributed by atoms with van der Waals surface area (Å²) in [7, 11) is 0. The van der Waals surface area contributed by atoms with Gasteiger partial charge in [0.1, 0.15) is 16.6 Å². The van der Waals surface area contributed by atoms with Crippen LogP contribution >= 0.6 is 23.1 Å². The number of thiazole rings is 1. The van der Waals surface area contributed by atoms with Gasteiger partial charge in [0.05, 0.1) is 22.6 Å². The first-order valence-corrected chi connectivity index (χ1v) is 8.52. The molecule has 0 unspecified atom stereocenters. The second-order valence-electron chi connectivity index (χ2n) is 4.51. The number of rotatable bonds is 5. The molecule has 2 aromatic rings. The van der Waals surface area contributed by atoms with Crippen molar-refractivity contribution in [3.63, 3.8) is 0 Å². The van der Waals surface area contributed by atoms with Gasteiger partial charge in [-0.25, -0.2) is 13.8 Å². The van der Waals surface area contributed by atoms with E-state index in [9.17, 15) is 18.8 Å². The number of benzene rings is 1.